The lowest BCUT2D eigenvalue weighted by atomic mass is 9.84. The van der Waals surface area contributed by atoms with Gasteiger partial charge in [0.2, 0.25) is 0 Å². The van der Waals surface area contributed by atoms with Crippen LogP contribution in [0.4, 0.5) is 0 Å². The van der Waals surface area contributed by atoms with Gasteiger partial charge in [-0.15, -0.1) is 0 Å². The van der Waals surface area contributed by atoms with E-state index in [4.69, 9.17) is 9.90 Å². The molecule has 0 radical (unpaired) electrons. The van der Waals surface area contributed by atoms with Gasteiger partial charge in [0, 0.05) is 10.8 Å². The predicted molar refractivity (Wildman–Crippen MR) is 208 cm³/mol. The van der Waals surface area contributed by atoms with Crippen molar-refractivity contribution in [3.05, 3.63) is 182 Å². The van der Waals surface area contributed by atoms with Crippen molar-refractivity contribution < 1.29 is 12.6 Å². The van der Waals surface area contributed by atoms with Crippen molar-refractivity contribution in [2.24, 2.45) is 0 Å². The van der Waals surface area contributed by atoms with Crippen LogP contribution in [0.3, 0.4) is 0 Å². The average molecular weight is 629 g/mol. The summed E-state index contributed by atoms with van der Waals surface area (Å²) in [6.45, 7) is 0. The number of rotatable bonds is 4. The van der Waals surface area contributed by atoms with Gasteiger partial charge < -0.3 is 4.42 Å². The minimum atomic E-state index is -0.310. The Morgan fingerprint density at radius 3 is 1.59 bits per heavy atom. The fraction of sp³-hybridized carbons (Fsp3) is 0. The maximum Gasteiger partial charge on any atom is 0.136 e. The van der Waals surface area contributed by atoms with Gasteiger partial charge in [0.25, 0.3) is 0 Å². The number of benzene rings is 9. The van der Waals surface area contributed by atoms with Gasteiger partial charge in [0.1, 0.15) is 11.2 Å². The molecule has 0 aliphatic heterocycles. The number of furan rings is 1. The monoisotopic (exact) mass is 628 g/mol. The third-order valence-electron chi connectivity index (χ3n) is 9.55. The Bertz CT molecular complexity index is 3150. The molecule has 0 N–H and O–H groups in total. The average Bonchev–Trinajstić information content (AvgIpc) is 3.63. The topological polar surface area (TPSA) is 13.1 Å². The Balaban J connectivity index is 1.30. The molecule has 0 aliphatic carbocycles. The quantitative estimate of drug-likeness (QED) is 0.177. The number of hydrogen-bond acceptors (Lipinski definition) is 1. The van der Waals surface area contributed by atoms with E-state index in [2.05, 4.69) is 60.7 Å². The van der Waals surface area contributed by atoms with Gasteiger partial charge in [0.15, 0.2) is 0 Å². The molecule has 0 saturated heterocycles. The van der Waals surface area contributed by atoms with E-state index in [0.717, 1.165) is 54.6 Å². The largest absolute Gasteiger partial charge is 0.456 e. The van der Waals surface area contributed by atoms with Crippen LogP contribution in [-0.2, 0) is 0 Å². The van der Waals surface area contributed by atoms with Crippen LogP contribution in [0.25, 0.3) is 98.8 Å². The summed E-state index contributed by atoms with van der Waals surface area (Å²) in [5.41, 5.74) is 6.36. The smallest absolute Gasteiger partial charge is 0.136 e. The first-order valence-electron chi connectivity index (χ1n) is 19.4. The molecule has 1 heteroatoms. The van der Waals surface area contributed by atoms with Crippen LogP contribution < -0.4 is 0 Å². The number of hydrogen-bond donors (Lipinski definition) is 0. The first-order valence-corrected chi connectivity index (χ1v) is 16.4. The van der Waals surface area contributed by atoms with Crippen molar-refractivity contribution in [1.82, 2.24) is 0 Å². The van der Waals surface area contributed by atoms with E-state index in [1.807, 2.05) is 84.9 Å². The van der Waals surface area contributed by atoms with Crippen LogP contribution in [0, 0.1) is 0 Å². The summed E-state index contributed by atoms with van der Waals surface area (Å²) in [5.74, 6) is 0. The van der Waals surface area contributed by atoms with E-state index in [0.29, 0.717) is 22.1 Å². The second-order valence-corrected chi connectivity index (χ2v) is 12.4. The summed E-state index contributed by atoms with van der Waals surface area (Å²) in [6.07, 6.45) is 0. The van der Waals surface area contributed by atoms with Crippen LogP contribution in [0.15, 0.2) is 186 Å². The Morgan fingerprint density at radius 1 is 0.388 bits per heavy atom. The highest BCUT2D eigenvalue weighted by atomic mass is 16.3. The van der Waals surface area contributed by atoms with Gasteiger partial charge in [0.05, 0.1) is 8.22 Å². The molecule has 0 aliphatic rings. The van der Waals surface area contributed by atoms with Gasteiger partial charge in [-0.1, -0.05) is 152 Å². The Labute approximate surface area is 292 Å². The Morgan fingerprint density at radius 2 is 0.939 bits per heavy atom. The maximum atomic E-state index is 9.53. The zero-order valence-corrected chi connectivity index (χ0v) is 26.3. The lowest BCUT2D eigenvalue weighted by Gasteiger charge is -2.18. The second-order valence-electron chi connectivity index (χ2n) is 12.4. The molecule has 10 rings (SSSR count). The highest BCUT2D eigenvalue weighted by molar-refractivity contribution is 6.26. The van der Waals surface area contributed by atoms with Crippen molar-refractivity contribution in [2.45, 2.75) is 0 Å². The summed E-state index contributed by atoms with van der Waals surface area (Å²) in [7, 11) is 0. The fourth-order valence-corrected chi connectivity index (χ4v) is 7.31. The third kappa shape index (κ3) is 4.47. The molecular formula is C48H30O. The van der Waals surface area contributed by atoms with Crippen LogP contribution in [0.1, 0.15) is 8.22 Å². The normalized spacial score (nSPS) is 13.4. The molecule has 49 heavy (non-hydrogen) atoms. The molecule has 1 heterocycles. The van der Waals surface area contributed by atoms with Crippen molar-refractivity contribution in [1.29, 1.82) is 0 Å². The Kier molecular flexibility index (Phi) is 5.02. The zero-order valence-electron chi connectivity index (χ0n) is 32.3. The van der Waals surface area contributed by atoms with Crippen molar-refractivity contribution in [3.8, 4) is 44.5 Å². The van der Waals surface area contributed by atoms with Crippen molar-refractivity contribution in [3.63, 3.8) is 0 Å². The maximum absolute atomic E-state index is 9.53. The molecule has 1 aromatic heterocycles. The molecule has 0 amide bonds. The SMILES string of the molecule is [2H]c1c(-c2ccccc2)c([2H])c2c(oc3c([2H])c([2H])c([2H])c(-c4c5ccccc5c(-c5ccc6cc(-c7ccccc7)ccc6c5)c5ccccc45)c32)c1[2H]. The van der Waals surface area contributed by atoms with E-state index in [1.165, 1.54) is 0 Å². The van der Waals surface area contributed by atoms with E-state index in [9.17, 15) is 2.74 Å². The lowest BCUT2D eigenvalue weighted by molar-refractivity contribution is 0.669. The van der Waals surface area contributed by atoms with E-state index in [1.54, 1.807) is 0 Å². The first kappa shape index (κ1) is 22.2. The van der Waals surface area contributed by atoms with E-state index in [-0.39, 0.29) is 58.4 Å². The second kappa shape index (κ2) is 11.1. The molecular weight excluding hydrogens is 593 g/mol. The highest BCUT2D eigenvalue weighted by Gasteiger charge is 2.20. The summed E-state index contributed by atoms with van der Waals surface area (Å²) in [4.78, 5) is 0. The third-order valence-corrected chi connectivity index (χ3v) is 9.55. The van der Waals surface area contributed by atoms with Gasteiger partial charge >= 0.3 is 0 Å². The van der Waals surface area contributed by atoms with Gasteiger partial charge in [-0.2, -0.15) is 0 Å². The molecule has 9 aromatic carbocycles. The molecule has 0 atom stereocenters. The lowest BCUT2D eigenvalue weighted by Crippen LogP contribution is -1.91. The summed E-state index contributed by atoms with van der Waals surface area (Å²) in [6, 6.07) is 47.5. The molecule has 0 unspecified atom stereocenters. The highest BCUT2D eigenvalue weighted by Crippen LogP contribution is 2.47. The molecule has 0 fully saturated rings. The molecule has 0 bridgehead atoms. The predicted octanol–water partition coefficient (Wildman–Crippen LogP) is 13.7. The van der Waals surface area contributed by atoms with Gasteiger partial charge in [-0.25, -0.2) is 0 Å². The van der Waals surface area contributed by atoms with Crippen LogP contribution in [-0.4, -0.2) is 0 Å². The molecule has 1 nitrogen and oxygen atoms in total. The molecule has 10 aromatic rings. The van der Waals surface area contributed by atoms with Crippen molar-refractivity contribution >= 4 is 54.3 Å². The Hall–Kier alpha value is -6.44. The minimum absolute atomic E-state index is 0.00116. The van der Waals surface area contributed by atoms with Gasteiger partial charge in [-0.3, -0.25) is 0 Å². The fourth-order valence-electron chi connectivity index (χ4n) is 7.31. The zero-order chi connectivity index (χ0) is 37.5. The summed E-state index contributed by atoms with van der Waals surface area (Å²) >= 11 is 0. The summed E-state index contributed by atoms with van der Waals surface area (Å²) in [5, 5.41) is 6.41. The van der Waals surface area contributed by atoms with E-state index < -0.39 is 0 Å². The first-order chi connectivity index (χ1) is 26.8. The van der Waals surface area contributed by atoms with Crippen LogP contribution in [0.5, 0.6) is 0 Å². The number of fused-ring (bicyclic) bond motifs is 6. The standard InChI is InChI=1S/C48H30O/c1-3-12-31(13-4-1)33-22-23-35-29-37(25-24-34(35)28-33)46-38-16-7-9-18-40(38)47(41-19-10-8-17-39(41)46)42-20-11-21-45-48(42)43-30-36(26-27-44(43)49-45)32-14-5-2-6-15-32/h1-30H/i11D,20D,21D,26D,27D,30D. The van der Waals surface area contributed by atoms with Crippen LogP contribution in [0.2, 0.25) is 0 Å². The van der Waals surface area contributed by atoms with Gasteiger partial charge in [-0.05, 0) is 107 Å². The van der Waals surface area contributed by atoms with Crippen molar-refractivity contribution in [2.75, 3.05) is 0 Å². The molecule has 228 valence electrons. The molecule has 0 spiro atoms. The summed E-state index contributed by atoms with van der Waals surface area (Å²) < 4.78 is 61.2. The minimum Gasteiger partial charge on any atom is -0.456 e. The van der Waals surface area contributed by atoms with Crippen LogP contribution >= 0.6 is 0 Å². The van der Waals surface area contributed by atoms with E-state index >= 15 is 0 Å². The molecule has 0 saturated carbocycles.